The van der Waals surface area contributed by atoms with E-state index >= 15 is 0 Å². The third kappa shape index (κ3) is 4.37. The first kappa shape index (κ1) is 15.7. The third-order valence-electron chi connectivity index (χ3n) is 3.11. The van der Waals surface area contributed by atoms with Crippen molar-refractivity contribution in [2.75, 3.05) is 7.05 Å². The fourth-order valence-electron chi connectivity index (χ4n) is 2.06. The normalized spacial score (nSPS) is 10.9. The summed E-state index contributed by atoms with van der Waals surface area (Å²) in [7, 11) is 1.90. The van der Waals surface area contributed by atoms with Crippen LogP contribution in [0.3, 0.4) is 0 Å². The molecule has 110 valence electrons. The maximum absolute atomic E-state index is 13.9. The topological polar surface area (TPSA) is 40.5 Å². The van der Waals surface area contributed by atoms with Crippen LogP contribution in [0, 0.1) is 5.82 Å². The molecule has 2 aromatic carbocycles. The molecule has 0 unspecified atom stereocenters. The molecule has 0 saturated heterocycles. The molecule has 0 radical (unpaired) electrons. The fraction of sp³-hybridized carbons (Fsp3) is 0.188. The van der Waals surface area contributed by atoms with Crippen LogP contribution in [0.1, 0.15) is 21.5 Å². The van der Waals surface area contributed by atoms with Crippen LogP contribution < -0.4 is 0 Å². The van der Waals surface area contributed by atoms with Crippen LogP contribution in [0.5, 0.6) is 0 Å². The number of carboxylic acids is 1. The minimum Gasteiger partial charge on any atom is -0.478 e. The smallest absolute Gasteiger partial charge is 0.335 e. The Labute approximate surface area is 131 Å². The van der Waals surface area contributed by atoms with Gasteiger partial charge in [0.25, 0.3) is 0 Å². The summed E-state index contributed by atoms with van der Waals surface area (Å²) in [6.07, 6.45) is 0. The van der Waals surface area contributed by atoms with Crippen molar-refractivity contribution in [2.45, 2.75) is 13.1 Å². The number of carbonyl (C=O) groups is 1. The lowest BCUT2D eigenvalue weighted by Gasteiger charge is -2.17. The molecule has 0 aromatic heterocycles. The van der Waals surface area contributed by atoms with Crippen molar-refractivity contribution in [2.24, 2.45) is 0 Å². The molecule has 0 aliphatic carbocycles. The Bertz CT molecular complexity index is 643. The van der Waals surface area contributed by atoms with Crippen LogP contribution in [-0.2, 0) is 13.1 Å². The Hall–Kier alpha value is -1.72. The predicted molar refractivity (Wildman–Crippen MR) is 82.7 cm³/mol. The molecule has 3 nitrogen and oxygen atoms in total. The van der Waals surface area contributed by atoms with E-state index in [1.807, 2.05) is 36.2 Å². The van der Waals surface area contributed by atoms with E-state index in [-0.39, 0.29) is 5.56 Å². The second-order valence-corrected chi connectivity index (χ2v) is 5.83. The van der Waals surface area contributed by atoms with Crippen LogP contribution in [0.2, 0.25) is 0 Å². The quantitative estimate of drug-likeness (QED) is 0.887. The number of hydrogen-bond donors (Lipinski definition) is 1. The molecule has 0 bridgehead atoms. The summed E-state index contributed by atoms with van der Waals surface area (Å²) in [5.74, 6) is -1.61. The van der Waals surface area contributed by atoms with Gasteiger partial charge in [0.05, 0.1) is 5.56 Å². The molecule has 2 rings (SSSR count). The summed E-state index contributed by atoms with van der Waals surface area (Å²) in [5, 5.41) is 8.82. The van der Waals surface area contributed by atoms with E-state index in [2.05, 4.69) is 15.9 Å². The molecule has 0 saturated carbocycles. The van der Waals surface area contributed by atoms with Crippen LogP contribution in [-0.4, -0.2) is 23.0 Å². The van der Waals surface area contributed by atoms with Crippen LogP contribution in [0.25, 0.3) is 0 Å². The van der Waals surface area contributed by atoms with Gasteiger partial charge in [0.15, 0.2) is 0 Å². The molecular weight excluding hydrogens is 337 g/mol. The number of benzene rings is 2. The number of rotatable bonds is 5. The number of hydrogen-bond acceptors (Lipinski definition) is 2. The zero-order chi connectivity index (χ0) is 15.4. The zero-order valence-electron chi connectivity index (χ0n) is 11.5. The van der Waals surface area contributed by atoms with Gasteiger partial charge in [-0.25, -0.2) is 9.18 Å². The van der Waals surface area contributed by atoms with E-state index in [0.717, 1.165) is 16.1 Å². The van der Waals surface area contributed by atoms with Gasteiger partial charge in [0, 0.05) is 23.1 Å². The summed E-state index contributed by atoms with van der Waals surface area (Å²) >= 11 is 3.38. The van der Waals surface area contributed by atoms with Gasteiger partial charge in [-0.15, -0.1) is 0 Å². The molecular formula is C16H15BrFNO2. The van der Waals surface area contributed by atoms with Gasteiger partial charge in [-0.05, 0) is 36.9 Å². The molecule has 0 spiro atoms. The van der Waals surface area contributed by atoms with Crippen molar-refractivity contribution >= 4 is 21.9 Å². The van der Waals surface area contributed by atoms with Crippen LogP contribution >= 0.6 is 15.9 Å². The van der Waals surface area contributed by atoms with E-state index in [1.54, 1.807) is 0 Å². The van der Waals surface area contributed by atoms with Crippen LogP contribution in [0.15, 0.2) is 46.9 Å². The first-order valence-corrected chi connectivity index (χ1v) is 7.19. The van der Waals surface area contributed by atoms with Crippen molar-refractivity contribution in [1.82, 2.24) is 4.90 Å². The molecule has 0 heterocycles. The van der Waals surface area contributed by atoms with Gasteiger partial charge >= 0.3 is 5.97 Å². The first-order valence-electron chi connectivity index (χ1n) is 6.40. The monoisotopic (exact) mass is 351 g/mol. The fourth-order valence-corrected chi connectivity index (χ4v) is 2.32. The Morgan fingerprint density at radius 2 is 1.86 bits per heavy atom. The van der Waals surface area contributed by atoms with E-state index < -0.39 is 11.8 Å². The van der Waals surface area contributed by atoms with Crippen molar-refractivity contribution in [3.8, 4) is 0 Å². The van der Waals surface area contributed by atoms with E-state index in [1.165, 1.54) is 12.1 Å². The lowest BCUT2D eigenvalue weighted by atomic mass is 10.1. The Morgan fingerprint density at radius 1 is 1.19 bits per heavy atom. The maximum Gasteiger partial charge on any atom is 0.335 e. The third-order valence-corrected chi connectivity index (χ3v) is 3.63. The molecule has 1 N–H and O–H groups in total. The molecule has 0 aliphatic rings. The number of halogens is 2. The molecule has 0 amide bonds. The maximum atomic E-state index is 13.9. The summed E-state index contributed by atoms with van der Waals surface area (Å²) < 4.78 is 14.9. The van der Waals surface area contributed by atoms with E-state index in [4.69, 9.17) is 5.11 Å². The minimum atomic E-state index is -1.12. The summed E-state index contributed by atoms with van der Waals surface area (Å²) in [5.41, 5.74) is 1.58. The Balaban J connectivity index is 2.04. The lowest BCUT2D eigenvalue weighted by molar-refractivity contribution is 0.0696. The van der Waals surface area contributed by atoms with Gasteiger partial charge in [-0.2, -0.15) is 0 Å². The van der Waals surface area contributed by atoms with Gasteiger partial charge < -0.3 is 5.11 Å². The van der Waals surface area contributed by atoms with E-state index in [0.29, 0.717) is 18.7 Å². The second-order valence-electron chi connectivity index (χ2n) is 4.91. The van der Waals surface area contributed by atoms with Crippen molar-refractivity contribution in [1.29, 1.82) is 0 Å². The van der Waals surface area contributed by atoms with E-state index in [9.17, 15) is 9.18 Å². The second kappa shape index (κ2) is 6.83. The van der Waals surface area contributed by atoms with Crippen molar-refractivity contribution < 1.29 is 14.3 Å². The Morgan fingerprint density at radius 3 is 2.43 bits per heavy atom. The highest BCUT2D eigenvalue weighted by Crippen LogP contribution is 2.15. The molecule has 0 fully saturated rings. The van der Waals surface area contributed by atoms with Gasteiger partial charge in [0.2, 0.25) is 0 Å². The predicted octanol–water partition coefficient (Wildman–Crippen LogP) is 3.92. The average molecular weight is 352 g/mol. The standard InChI is InChI=1S/C16H15BrFNO2/c1-19(9-11-2-6-14(17)7-3-11)10-13-5-4-12(16(20)21)8-15(13)18/h2-8H,9-10H2,1H3,(H,20,21). The summed E-state index contributed by atoms with van der Waals surface area (Å²) in [6, 6.07) is 11.9. The van der Waals surface area contributed by atoms with Crippen LogP contribution in [0.4, 0.5) is 4.39 Å². The largest absolute Gasteiger partial charge is 0.478 e. The SMILES string of the molecule is CN(Cc1ccc(Br)cc1)Cc1ccc(C(=O)O)cc1F. The van der Waals surface area contributed by atoms with Gasteiger partial charge in [-0.1, -0.05) is 34.1 Å². The highest BCUT2D eigenvalue weighted by Gasteiger charge is 2.10. The lowest BCUT2D eigenvalue weighted by Crippen LogP contribution is -2.18. The molecule has 0 aliphatic heterocycles. The first-order chi connectivity index (χ1) is 9.95. The highest BCUT2D eigenvalue weighted by molar-refractivity contribution is 9.10. The molecule has 2 aromatic rings. The molecule has 21 heavy (non-hydrogen) atoms. The van der Waals surface area contributed by atoms with Gasteiger partial charge in [-0.3, -0.25) is 4.90 Å². The molecule has 0 atom stereocenters. The van der Waals surface area contributed by atoms with Crippen molar-refractivity contribution in [3.63, 3.8) is 0 Å². The summed E-state index contributed by atoms with van der Waals surface area (Å²) in [6.45, 7) is 1.11. The minimum absolute atomic E-state index is 0.0354. The number of nitrogens with zero attached hydrogens (tertiary/aromatic N) is 1. The van der Waals surface area contributed by atoms with Gasteiger partial charge in [0.1, 0.15) is 5.82 Å². The average Bonchev–Trinajstić information content (AvgIpc) is 2.43. The van der Waals surface area contributed by atoms with Crippen molar-refractivity contribution in [3.05, 3.63) is 69.4 Å². The Kier molecular flexibility index (Phi) is 5.09. The number of aromatic carboxylic acids is 1. The number of carboxylic acid groups (broad SMARTS) is 1. The zero-order valence-corrected chi connectivity index (χ0v) is 13.1. The highest BCUT2D eigenvalue weighted by atomic mass is 79.9. The molecule has 5 heteroatoms. The summed E-state index contributed by atoms with van der Waals surface area (Å²) in [4.78, 5) is 12.7.